The molecule has 0 heterocycles. The average molecular weight is 309 g/mol. The second-order valence-electron chi connectivity index (χ2n) is 3.86. The Morgan fingerprint density at radius 2 is 2.14 bits per heavy atom. The summed E-state index contributed by atoms with van der Waals surface area (Å²) in [6.45, 7) is 4.60. The first-order chi connectivity index (χ1) is 10.2. The van der Waals surface area contributed by atoms with E-state index in [9.17, 15) is 4.79 Å². The van der Waals surface area contributed by atoms with Crippen LogP contribution in [0, 0.1) is 0 Å². The number of hydrogen-bond acceptors (Lipinski definition) is 5. The van der Waals surface area contributed by atoms with Crippen molar-refractivity contribution in [2.45, 2.75) is 13.8 Å². The van der Waals surface area contributed by atoms with Crippen LogP contribution in [-0.4, -0.2) is 37.1 Å². The van der Waals surface area contributed by atoms with Gasteiger partial charge < -0.3 is 14.8 Å². The third-order valence-electron chi connectivity index (χ3n) is 2.28. The van der Waals surface area contributed by atoms with Gasteiger partial charge in [0.25, 0.3) is 0 Å². The van der Waals surface area contributed by atoms with Gasteiger partial charge in [-0.2, -0.15) is 5.10 Å². The molecule has 0 saturated heterocycles. The molecule has 21 heavy (non-hydrogen) atoms. The summed E-state index contributed by atoms with van der Waals surface area (Å²) in [5, 5.41) is 7.37. The van der Waals surface area contributed by atoms with E-state index in [0.29, 0.717) is 17.5 Å². The third-order valence-corrected chi connectivity index (χ3v) is 2.51. The van der Waals surface area contributed by atoms with E-state index in [1.807, 2.05) is 25.1 Å². The lowest BCUT2D eigenvalue weighted by atomic mass is 10.2. The van der Waals surface area contributed by atoms with Crippen LogP contribution in [0.4, 0.5) is 0 Å². The van der Waals surface area contributed by atoms with E-state index < -0.39 is 5.97 Å². The molecular weight excluding hydrogens is 290 g/mol. The summed E-state index contributed by atoms with van der Waals surface area (Å²) in [7, 11) is 0. The summed E-state index contributed by atoms with van der Waals surface area (Å²) >= 11 is 4.99. The largest absolute Gasteiger partial charge is 0.481 e. The van der Waals surface area contributed by atoms with Crippen LogP contribution in [-0.2, 0) is 9.53 Å². The fourth-order valence-electron chi connectivity index (χ4n) is 1.42. The molecule has 0 unspecified atom stereocenters. The SMILES string of the molecule is CCNC(=S)NN=Cc1ccccc1OCC(=O)OCC. The molecule has 0 atom stereocenters. The first-order valence-corrected chi connectivity index (χ1v) is 7.02. The lowest BCUT2D eigenvalue weighted by Crippen LogP contribution is -2.31. The van der Waals surface area contributed by atoms with Gasteiger partial charge in [-0.3, -0.25) is 5.43 Å². The number of ether oxygens (including phenoxy) is 2. The molecule has 0 radical (unpaired) electrons. The highest BCUT2D eigenvalue weighted by atomic mass is 32.1. The monoisotopic (exact) mass is 309 g/mol. The van der Waals surface area contributed by atoms with E-state index in [0.717, 1.165) is 12.1 Å². The van der Waals surface area contributed by atoms with Crippen LogP contribution in [0.25, 0.3) is 0 Å². The Kier molecular flexibility index (Phi) is 7.81. The minimum atomic E-state index is -0.407. The van der Waals surface area contributed by atoms with Gasteiger partial charge in [0, 0.05) is 12.1 Å². The van der Waals surface area contributed by atoms with Crippen molar-refractivity contribution >= 4 is 29.5 Å². The standard InChI is InChI=1S/C14H19N3O3S/c1-3-15-14(21)17-16-9-11-7-5-6-8-12(11)20-10-13(18)19-4-2/h5-9H,3-4,10H2,1-2H3,(H2,15,17,21). The molecule has 0 bridgehead atoms. The molecule has 0 spiro atoms. The molecule has 6 nitrogen and oxygen atoms in total. The Morgan fingerprint density at radius 1 is 1.38 bits per heavy atom. The van der Waals surface area contributed by atoms with Crippen LogP contribution in [0.3, 0.4) is 0 Å². The van der Waals surface area contributed by atoms with Gasteiger partial charge in [-0.1, -0.05) is 12.1 Å². The summed E-state index contributed by atoms with van der Waals surface area (Å²) in [6, 6.07) is 7.24. The zero-order chi connectivity index (χ0) is 15.5. The summed E-state index contributed by atoms with van der Waals surface area (Å²) < 4.78 is 10.2. The first kappa shape index (κ1) is 16.9. The lowest BCUT2D eigenvalue weighted by Gasteiger charge is -2.08. The molecular formula is C14H19N3O3S. The van der Waals surface area contributed by atoms with Crippen LogP contribution < -0.4 is 15.5 Å². The zero-order valence-corrected chi connectivity index (χ0v) is 12.9. The molecule has 0 fully saturated rings. The number of hydrazone groups is 1. The molecule has 0 saturated carbocycles. The number of carbonyl (C=O) groups excluding carboxylic acids is 1. The number of para-hydroxylation sites is 1. The van der Waals surface area contributed by atoms with Crippen LogP contribution >= 0.6 is 12.2 Å². The number of nitrogens with one attached hydrogen (secondary N) is 2. The van der Waals surface area contributed by atoms with Crippen molar-refractivity contribution in [2.24, 2.45) is 5.10 Å². The second kappa shape index (κ2) is 9.71. The minimum Gasteiger partial charge on any atom is -0.481 e. The van der Waals surface area contributed by atoms with Gasteiger partial charge in [-0.25, -0.2) is 4.79 Å². The molecule has 114 valence electrons. The Labute approximate surface area is 129 Å². The fraction of sp³-hybridized carbons (Fsp3) is 0.357. The quantitative estimate of drug-likeness (QED) is 0.344. The molecule has 2 N–H and O–H groups in total. The summed E-state index contributed by atoms with van der Waals surface area (Å²) in [6.07, 6.45) is 1.57. The number of carbonyl (C=O) groups is 1. The van der Waals surface area contributed by atoms with E-state index >= 15 is 0 Å². The number of benzene rings is 1. The molecule has 0 amide bonds. The Morgan fingerprint density at radius 3 is 2.86 bits per heavy atom. The maximum Gasteiger partial charge on any atom is 0.344 e. The molecule has 1 rings (SSSR count). The van der Waals surface area contributed by atoms with Crippen molar-refractivity contribution in [3.05, 3.63) is 29.8 Å². The zero-order valence-electron chi connectivity index (χ0n) is 12.1. The van der Waals surface area contributed by atoms with Gasteiger partial charge in [0.15, 0.2) is 11.7 Å². The topological polar surface area (TPSA) is 72.0 Å². The maximum absolute atomic E-state index is 11.3. The van der Waals surface area contributed by atoms with Crippen molar-refractivity contribution in [3.63, 3.8) is 0 Å². The third kappa shape index (κ3) is 6.71. The van der Waals surface area contributed by atoms with Gasteiger partial charge in [-0.15, -0.1) is 0 Å². The van der Waals surface area contributed by atoms with E-state index in [1.165, 1.54) is 0 Å². The van der Waals surface area contributed by atoms with Crippen molar-refractivity contribution in [3.8, 4) is 5.75 Å². The Bertz CT molecular complexity index is 506. The van der Waals surface area contributed by atoms with Crippen LogP contribution in [0.5, 0.6) is 5.75 Å². The molecule has 7 heteroatoms. The molecule has 0 aliphatic carbocycles. The molecule has 1 aromatic carbocycles. The highest BCUT2D eigenvalue weighted by Gasteiger charge is 2.05. The van der Waals surface area contributed by atoms with Crippen LogP contribution in [0.2, 0.25) is 0 Å². The van der Waals surface area contributed by atoms with E-state index in [2.05, 4.69) is 15.8 Å². The normalized spacial score (nSPS) is 10.2. The predicted octanol–water partition coefficient (Wildman–Crippen LogP) is 1.45. The summed E-state index contributed by atoms with van der Waals surface area (Å²) in [5.41, 5.74) is 3.42. The first-order valence-electron chi connectivity index (χ1n) is 6.61. The highest BCUT2D eigenvalue weighted by molar-refractivity contribution is 7.80. The molecule has 1 aromatic rings. The van der Waals surface area contributed by atoms with Gasteiger partial charge in [0.1, 0.15) is 5.75 Å². The van der Waals surface area contributed by atoms with Gasteiger partial charge in [0.2, 0.25) is 0 Å². The summed E-state index contributed by atoms with van der Waals surface area (Å²) in [5.74, 6) is 0.140. The van der Waals surface area contributed by atoms with Crippen molar-refractivity contribution in [2.75, 3.05) is 19.8 Å². The minimum absolute atomic E-state index is 0.137. The second-order valence-corrected chi connectivity index (χ2v) is 4.27. The lowest BCUT2D eigenvalue weighted by molar-refractivity contribution is -0.145. The average Bonchev–Trinajstić information content (AvgIpc) is 2.47. The van der Waals surface area contributed by atoms with E-state index in [1.54, 1.807) is 19.2 Å². The van der Waals surface area contributed by atoms with Crippen molar-refractivity contribution < 1.29 is 14.3 Å². The predicted molar refractivity (Wildman–Crippen MR) is 85.6 cm³/mol. The fourth-order valence-corrected chi connectivity index (χ4v) is 1.62. The Hall–Kier alpha value is -2.15. The number of thiocarbonyl (C=S) groups is 1. The van der Waals surface area contributed by atoms with E-state index in [-0.39, 0.29) is 6.61 Å². The Balaban J connectivity index is 2.60. The van der Waals surface area contributed by atoms with Gasteiger partial charge in [-0.05, 0) is 38.2 Å². The van der Waals surface area contributed by atoms with E-state index in [4.69, 9.17) is 21.7 Å². The maximum atomic E-state index is 11.3. The smallest absolute Gasteiger partial charge is 0.344 e. The number of esters is 1. The number of nitrogens with zero attached hydrogens (tertiary/aromatic N) is 1. The van der Waals surface area contributed by atoms with Gasteiger partial charge in [0.05, 0.1) is 12.8 Å². The van der Waals surface area contributed by atoms with Crippen molar-refractivity contribution in [1.29, 1.82) is 0 Å². The molecule has 0 aliphatic rings. The highest BCUT2D eigenvalue weighted by Crippen LogP contribution is 2.15. The van der Waals surface area contributed by atoms with Gasteiger partial charge >= 0.3 is 5.97 Å². The van der Waals surface area contributed by atoms with Crippen LogP contribution in [0.1, 0.15) is 19.4 Å². The number of rotatable bonds is 7. The molecule has 0 aliphatic heterocycles. The van der Waals surface area contributed by atoms with Crippen LogP contribution in [0.15, 0.2) is 29.4 Å². The molecule has 0 aromatic heterocycles. The summed E-state index contributed by atoms with van der Waals surface area (Å²) in [4.78, 5) is 11.3. The van der Waals surface area contributed by atoms with Crippen molar-refractivity contribution in [1.82, 2.24) is 10.7 Å². The number of hydrogen-bond donors (Lipinski definition) is 2.